The maximum absolute atomic E-state index is 10.9. The molecule has 0 saturated heterocycles. The van der Waals surface area contributed by atoms with E-state index in [2.05, 4.69) is 10.2 Å². The number of phenols is 1. The number of fused-ring (bicyclic) bond motifs is 1. The van der Waals surface area contributed by atoms with Crippen molar-refractivity contribution in [3.8, 4) is 17.2 Å². The number of nitrogens with zero attached hydrogens (tertiary/aromatic N) is 3. The van der Waals surface area contributed by atoms with Crippen molar-refractivity contribution in [3.63, 3.8) is 0 Å². The van der Waals surface area contributed by atoms with Crippen LogP contribution in [0.25, 0.3) is 10.8 Å². The summed E-state index contributed by atoms with van der Waals surface area (Å²) >= 11 is 0. The van der Waals surface area contributed by atoms with E-state index in [9.17, 15) is 15.2 Å². The van der Waals surface area contributed by atoms with Gasteiger partial charge in [0, 0.05) is 22.9 Å². The average Bonchev–Trinajstić information content (AvgIpc) is 2.68. The van der Waals surface area contributed by atoms with Gasteiger partial charge in [0.25, 0.3) is 5.69 Å². The molecule has 0 aromatic heterocycles. The molecule has 0 saturated carbocycles. The zero-order chi connectivity index (χ0) is 20.3. The molecule has 0 atom stereocenters. The van der Waals surface area contributed by atoms with E-state index in [0.717, 1.165) is 5.39 Å². The second-order valence-corrected chi connectivity index (χ2v) is 6.27. The van der Waals surface area contributed by atoms with E-state index >= 15 is 0 Å². The summed E-state index contributed by atoms with van der Waals surface area (Å²) in [5.41, 5.74) is 0.402. The number of hydrogen-bond donors (Lipinski definition) is 1. The molecule has 0 aliphatic rings. The highest BCUT2D eigenvalue weighted by molar-refractivity contribution is 5.97. The number of phenolic OH excluding ortho intramolecular Hbond substituents is 1. The molecule has 0 fully saturated rings. The highest BCUT2D eigenvalue weighted by atomic mass is 16.6. The number of rotatable bonds is 6. The first kappa shape index (κ1) is 19.1. The van der Waals surface area contributed by atoms with Crippen molar-refractivity contribution < 1.29 is 19.5 Å². The molecule has 0 unspecified atom stereocenters. The van der Waals surface area contributed by atoms with Gasteiger partial charge in [-0.25, -0.2) is 0 Å². The number of nitro groups is 1. The lowest BCUT2D eigenvalue weighted by Crippen LogP contribution is -2.05. The first-order valence-corrected chi connectivity index (χ1v) is 8.56. The van der Waals surface area contributed by atoms with E-state index in [0.29, 0.717) is 16.8 Å². The van der Waals surface area contributed by atoms with Crippen molar-refractivity contribution in [1.29, 1.82) is 0 Å². The number of methoxy groups -OCH3 is 1. The summed E-state index contributed by atoms with van der Waals surface area (Å²) in [5.74, 6) is 0.751. The number of benzene rings is 3. The van der Waals surface area contributed by atoms with Gasteiger partial charge >= 0.3 is 0 Å². The Morgan fingerprint density at radius 2 is 1.68 bits per heavy atom. The van der Waals surface area contributed by atoms with Gasteiger partial charge in [0.05, 0.1) is 24.2 Å². The van der Waals surface area contributed by atoms with Crippen LogP contribution >= 0.6 is 0 Å². The first-order valence-electron chi connectivity index (χ1n) is 8.56. The van der Waals surface area contributed by atoms with Crippen LogP contribution in [0.2, 0.25) is 0 Å². The molecule has 0 spiro atoms. The van der Waals surface area contributed by atoms with E-state index < -0.39 is 4.92 Å². The molecule has 0 aliphatic heterocycles. The van der Waals surface area contributed by atoms with Crippen molar-refractivity contribution >= 4 is 27.8 Å². The molecule has 1 N–H and O–H groups in total. The Hall–Kier alpha value is -3.68. The second-order valence-electron chi connectivity index (χ2n) is 6.27. The van der Waals surface area contributed by atoms with Crippen LogP contribution in [0.15, 0.2) is 58.8 Å². The Labute approximate surface area is 161 Å². The van der Waals surface area contributed by atoms with Crippen molar-refractivity contribution in [2.75, 3.05) is 7.11 Å². The predicted octanol–water partition coefficient (Wildman–Crippen LogP) is 5.66. The van der Waals surface area contributed by atoms with E-state index in [1.54, 1.807) is 12.1 Å². The molecule has 28 heavy (non-hydrogen) atoms. The van der Waals surface area contributed by atoms with Gasteiger partial charge in [-0.3, -0.25) is 10.1 Å². The van der Waals surface area contributed by atoms with Crippen LogP contribution in [-0.4, -0.2) is 23.2 Å². The molecular formula is C20H19N3O5. The molecule has 0 heterocycles. The monoisotopic (exact) mass is 381 g/mol. The van der Waals surface area contributed by atoms with Gasteiger partial charge in [-0.05, 0) is 19.9 Å². The fourth-order valence-corrected chi connectivity index (χ4v) is 2.71. The fraction of sp³-hybridized carbons (Fsp3) is 0.200. The minimum Gasteiger partial charge on any atom is -0.505 e. The number of nitro benzene ring substituents is 1. The molecule has 3 rings (SSSR count). The fourth-order valence-electron chi connectivity index (χ4n) is 2.71. The largest absolute Gasteiger partial charge is 0.505 e. The highest BCUT2D eigenvalue weighted by Gasteiger charge is 2.14. The molecule has 0 bridgehead atoms. The van der Waals surface area contributed by atoms with Crippen LogP contribution in [0.5, 0.6) is 17.2 Å². The van der Waals surface area contributed by atoms with Gasteiger partial charge in [-0.2, -0.15) is 0 Å². The molecule has 3 aromatic rings. The van der Waals surface area contributed by atoms with Crippen LogP contribution in [0.4, 0.5) is 17.1 Å². The van der Waals surface area contributed by atoms with Crippen molar-refractivity contribution in [2.45, 2.75) is 20.0 Å². The van der Waals surface area contributed by atoms with Gasteiger partial charge in [0.2, 0.25) is 0 Å². The number of aromatic hydroxyl groups is 1. The minimum absolute atomic E-state index is 0.0312. The summed E-state index contributed by atoms with van der Waals surface area (Å²) in [5, 5.41) is 31.1. The molecule has 8 heteroatoms. The summed E-state index contributed by atoms with van der Waals surface area (Å²) in [7, 11) is 1.39. The maximum Gasteiger partial charge on any atom is 0.273 e. The zero-order valence-electron chi connectivity index (χ0n) is 15.6. The van der Waals surface area contributed by atoms with E-state index in [4.69, 9.17) is 9.47 Å². The topological polar surface area (TPSA) is 107 Å². The van der Waals surface area contributed by atoms with Crippen molar-refractivity contribution in [3.05, 3.63) is 58.6 Å². The van der Waals surface area contributed by atoms with Crippen LogP contribution in [-0.2, 0) is 0 Å². The lowest BCUT2D eigenvalue weighted by Gasteiger charge is -2.14. The molecule has 0 radical (unpaired) electrons. The molecule has 144 valence electrons. The third-order valence-electron chi connectivity index (χ3n) is 3.96. The lowest BCUT2D eigenvalue weighted by atomic mass is 10.1. The Kier molecular flexibility index (Phi) is 5.39. The number of azo groups is 1. The van der Waals surface area contributed by atoms with Crippen molar-refractivity contribution in [1.82, 2.24) is 0 Å². The molecule has 3 aromatic carbocycles. The van der Waals surface area contributed by atoms with Crippen LogP contribution in [0.3, 0.4) is 0 Å². The Morgan fingerprint density at radius 3 is 2.32 bits per heavy atom. The van der Waals surface area contributed by atoms with Gasteiger partial charge < -0.3 is 14.6 Å². The Bertz CT molecular complexity index is 1060. The summed E-state index contributed by atoms with van der Waals surface area (Å²) in [6.45, 7) is 3.81. The van der Waals surface area contributed by atoms with Crippen molar-refractivity contribution in [2.24, 2.45) is 10.2 Å². The molecule has 0 aliphatic carbocycles. The standard InChI is InChI=1S/C20H19N3O5/c1-12(2)28-18-11-17(20(24)15-7-5-4-6-14(15)18)22-21-16-9-8-13(23(25)26)10-19(16)27-3/h4-12,24H,1-3H3. The third-order valence-corrected chi connectivity index (χ3v) is 3.96. The Morgan fingerprint density at radius 1 is 1.00 bits per heavy atom. The number of ether oxygens (including phenoxy) is 2. The number of non-ortho nitro benzene ring substituents is 1. The quantitative estimate of drug-likeness (QED) is 0.336. The average molecular weight is 381 g/mol. The minimum atomic E-state index is -0.520. The predicted molar refractivity (Wildman–Crippen MR) is 105 cm³/mol. The van der Waals surface area contributed by atoms with Gasteiger partial charge in [0.1, 0.15) is 17.1 Å². The third kappa shape index (κ3) is 3.85. The number of hydrogen-bond acceptors (Lipinski definition) is 7. The van der Waals surface area contributed by atoms with E-state index in [-0.39, 0.29) is 29.0 Å². The summed E-state index contributed by atoms with van der Waals surface area (Å²) < 4.78 is 11.0. The van der Waals surface area contributed by atoms with Crippen LogP contribution < -0.4 is 9.47 Å². The van der Waals surface area contributed by atoms with Gasteiger partial charge in [0.15, 0.2) is 11.5 Å². The van der Waals surface area contributed by atoms with Crippen LogP contribution in [0, 0.1) is 10.1 Å². The molecule has 0 amide bonds. The Balaban J connectivity index is 2.07. The normalized spacial score (nSPS) is 11.3. The SMILES string of the molecule is COc1cc([N+](=O)[O-])ccc1N=Nc1cc(OC(C)C)c2ccccc2c1O. The van der Waals surface area contributed by atoms with Crippen LogP contribution in [0.1, 0.15) is 13.8 Å². The van der Waals surface area contributed by atoms with Gasteiger partial charge in [-0.1, -0.05) is 24.3 Å². The molecular weight excluding hydrogens is 362 g/mol. The summed E-state index contributed by atoms with van der Waals surface area (Å²) in [4.78, 5) is 10.4. The second kappa shape index (κ2) is 7.91. The van der Waals surface area contributed by atoms with E-state index in [1.807, 2.05) is 32.0 Å². The van der Waals surface area contributed by atoms with E-state index in [1.165, 1.54) is 25.3 Å². The molecule has 8 nitrogen and oxygen atoms in total. The summed E-state index contributed by atoms with van der Waals surface area (Å²) in [6.07, 6.45) is -0.0625. The first-order chi connectivity index (χ1) is 13.4. The lowest BCUT2D eigenvalue weighted by molar-refractivity contribution is -0.384. The zero-order valence-corrected chi connectivity index (χ0v) is 15.6. The highest BCUT2D eigenvalue weighted by Crippen LogP contribution is 2.42. The summed E-state index contributed by atoms with van der Waals surface area (Å²) in [6, 6.07) is 12.9. The van der Waals surface area contributed by atoms with Gasteiger partial charge in [-0.15, -0.1) is 10.2 Å². The maximum atomic E-state index is 10.9. The smallest absolute Gasteiger partial charge is 0.273 e.